The first kappa shape index (κ1) is 21.9. The second-order valence-corrected chi connectivity index (χ2v) is 8.56. The Bertz CT molecular complexity index is 1320. The number of carboxylic acids is 1. The minimum Gasteiger partial charge on any atom is -0.478 e. The number of rotatable bonds is 6. The Hall–Kier alpha value is -3.97. The molecule has 0 amide bonds. The minimum atomic E-state index is -0.943. The number of aromatic nitrogens is 2. The molecule has 2 N–H and O–H groups in total. The Morgan fingerprint density at radius 3 is 2.38 bits per heavy atom. The summed E-state index contributed by atoms with van der Waals surface area (Å²) in [4.78, 5) is 18.1. The highest BCUT2D eigenvalue weighted by atomic mass is 32.1. The van der Waals surface area contributed by atoms with E-state index in [0.29, 0.717) is 5.11 Å². The van der Waals surface area contributed by atoms with Crippen LogP contribution in [0.15, 0.2) is 91.3 Å². The number of hydrogen-bond acceptors (Lipinski definition) is 3. The van der Waals surface area contributed by atoms with E-state index in [0.717, 1.165) is 29.2 Å². The van der Waals surface area contributed by atoms with Crippen LogP contribution in [0.3, 0.4) is 0 Å². The molecule has 6 nitrogen and oxygen atoms in total. The first-order chi connectivity index (χ1) is 16.6. The van der Waals surface area contributed by atoms with Crippen LogP contribution in [0.4, 0.5) is 5.69 Å². The molecule has 5 rings (SSSR count). The predicted molar refractivity (Wildman–Crippen MR) is 136 cm³/mol. The van der Waals surface area contributed by atoms with Gasteiger partial charge < -0.3 is 19.9 Å². The molecule has 2 atom stereocenters. The van der Waals surface area contributed by atoms with Crippen LogP contribution in [-0.4, -0.2) is 25.7 Å². The molecule has 1 fully saturated rings. The standard InChI is InChI=1S/C27H24N4O2S/c1-2-18-8-12-21(13-9-18)31-25(24(29-27(31)34)22-6-3-4-16-28-22)23-7-5-17-30(23)20-14-10-19(11-15-20)26(32)33/h3-17,24-25H,2H2,1H3,(H,29,34)(H,32,33)/t24-,25-/m1/s1. The number of pyridine rings is 1. The number of aromatic carboxylic acids is 1. The molecule has 0 radical (unpaired) electrons. The molecule has 34 heavy (non-hydrogen) atoms. The summed E-state index contributed by atoms with van der Waals surface area (Å²) < 4.78 is 2.08. The number of nitrogens with one attached hydrogen (secondary N) is 1. The molecule has 3 heterocycles. The summed E-state index contributed by atoms with van der Waals surface area (Å²) in [6, 6.07) is 25.0. The summed E-state index contributed by atoms with van der Waals surface area (Å²) in [5, 5.41) is 13.4. The van der Waals surface area contributed by atoms with Gasteiger partial charge in [-0.05, 0) is 84.9 Å². The van der Waals surface area contributed by atoms with Crippen LogP contribution in [0.2, 0.25) is 0 Å². The van der Waals surface area contributed by atoms with E-state index in [1.54, 1.807) is 18.3 Å². The van der Waals surface area contributed by atoms with Gasteiger partial charge in [0.05, 0.1) is 17.3 Å². The van der Waals surface area contributed by atoms with Crippen molar-refractivity contribution < 1.29 is 9.90 Å². The summed E-state index contributed by atoms with van der Waals surface area (Å²) in [5.74, 6) is -0.943. The van der Waals surface area contributed by atoms with Gasteiger partial charge in [-0.2, -0.15) is 0 Å². The molecule has 4 aromatic rings. The molecule has 0 saturated carbocycles. The highest BCUT2D eigenvalue weighted by molar-refractivity contribution is 7.80. The Morgan fingerprint density at radius 1 is 1.00 bits per heavy atom. The lowest BCUT2D eigenvalue weighted by Crippen LogP contribution is -2.30. The monoisotopic (exact) mass is 468 g/mol. The summed E-state index contributed by atoms with van der Waals surface area (Å²) in [6.07, 6.45) is 4.75. The van der Waals surface area contributed by atoms with Crippen molar-refractivity contribution in [2.45, 2.75) is 25.4 Å². The number of thiocarbonyl (C=S) groups is 1. The van der Waals surface area contributed by atoms with Gasteiger partial charge in [0.1, 0.15) is 6.04 Å². The molecule has 1 aliphatic rings. The summed E-state index contributed by atoms with van der Waals surface area (Å²) in [7, 11) is 0. The van der Waals surface area contributed by atoms with Gasteiger partial charge in [0.25, 0.3) is 0 Å². The zero-order valence-corrected chi connectivity index (χ0v) is 19.4. The van der Waals surface area contributed by atoms with Crippen molar-refractivity contribution in [2.24, 2.45) is 0 Å². The van der Waals surface area contributed by atoms with Crippen molar-refractivity contribution in [3.05, 3.63) is 114 Å². The summed E-state index contributed by atoms with van der Waals surface area (Å²) in [5.41, 5.74) is 5.32. The Kier molecular flexibility index (Phi) is 5.86. The highest BCUT2D eigenvalue weighted by Gasteiger charge is 2.42. The Labute approximate surface area is 203 Å². The quantitative estimate of drug-likeness (QED) is 0.374. The fourth-order valence-electron chi connectivity index (χ4n) is 4.46. The van der Waals surface area contributed by atoms with E-state index in [2.05, 4.69) is 57.0 Å². The molecule has 2 aromatic heterocycles. The van der Waals surface area contributed by atoms with Gasteiger partial charge in [-0.1, -0.05) is 25.1 Å². The fraction of sp³-hybridized carbons (Fsp3) is 0.148. The van der Waals surface area contributed by atoms with Crippen LogP contribution in [0, 0.1) is 0 Å². The Morgan fingerprint density at radius 2 is 1.74 bits per heavy atom. The van der Waals surface area contributed by atoms with Crippen molar-refractivity contribution in [3.63, 3.8) is 0 Å². The summed E-state index contributed by atoms with van der Waals surface area (Å²) >= 11 is 5.83. The van der Waals surface area contributed by atoms with E-state index < -0.39 is 5.97 Å². The molecule has 0 unspecified atom stereocenters. The van der Waals surface area contributed by atoms with Crippen molar-refractivity contribution in [1.82, 2.24) is 14.9 Å². The molecular weight excluding hydrogens is 444 g/mol. The van der Waals surface area contributed by atoms with Gasteiger partial charge in [-0.3, -0.25) is 4.98 Å². The molecule has 170 valence electrons. The first-order valence-corrected chi connectivity index (χ1v) is 11.6. The van der Waals surface area contributed by atoms with E-state index in [1.165, 1.54) is 5.56 Å². The third kappa shape index (κ3) is 3.95. The van der Waals surface area contributed by atoms with Crippen molar-refractivity contribution in [1.29, 1.82) is 0 Å². The van der Waals surface area contributed by atoms with E-state index >= 15 is 0 Å². The van der Waals surface area contributed by atoms with Crippen LogP contribution in [0.25, 0.3) is 5.69 Å². The Balaban J connectivity index is 1.62. The molecule has 0 spiro atoms. The van der Waals surface area contributed by atoms with Gasteiger partial charge in [0, 0.05) is 29.5 Å². The van der Waals surface area contributed by atoms with Crippen molar-refractivity contribution in [2.75, 3.05) is 4.90 Å². The van der Waals surface area contributed by atoms with Crippen molar-refractivity contribution in [3.8, 4) is 5.69 Å². The van der Waals surface area contributed by atoms with Crippen LogP contribution >= 0.6 is 12.2 Å². The van der Waals surface area contributed by atoms with Crippen LogP contribution in [-0.2, 0) is 6.42 Å². The molecule has 0 bridgehead atoms. The SMILES string of the molecule is CCc1ccc(N2C(=S)N[C@H](c3ccccn3)[C@H]2c2cccn2-c2ccc(C(=O)O)cc2)cc1. The zero-order valence-electron chi connectivity index (χ0n) is 18.6. The maximum Gasteiger partial charge on any atom is 0.335 e. The van der Waals surface area contributed by atoms with Crippen LogP contribution < -0.4 is 10.2 Å². The number of carbonyl (C=O) groups is 1. The van der Waals surface area contributed by atoms with E-state index in [-0.39, 0.29) is 17.6 Å². The second kappa shape index (κ2) is 9.11. The number of aryl methyl sites for hydroxylation is 1. The molecule has 1 aliphatic heterocycles. The number of hydrogen-bond donors (Lipinski definition) is 2. The van der Waals surface area contributed by atoms with Gasteiger partial charge in [-0.15, -0.1) is 0 Å². The van der Waals surface area contributed by atoms with Crippen molar-refractivity contribution >= 4 is 29.0 Å². The normalized spacial score (nSPS) is 17.6. The smallest absolute Gasteiger partial charge is 0.335 e. The molecule has 0 aliphatic carbocycles. The molecular formula is C27H24N4O2S. The number of anilines is 1. The van der Waals surface area contributed by atoms with Gasteiger partial charge in [0.15, 0.2) is 5.11 Å². The average Bonchev–Trinajstić information content (AvgIpc) is 3.49. The summed E-state index contributed by atoms with van der Waals surface area (Å²) in [6.45, 7) is 2.14. The average molecular weight is 469 g/mol. The maximum absolute atomic E-state index is 11.3. The van der Waals surface area contributed by atoms with Crippen LogP contribution in [0.1, 0.15) is 46.3 Å². The third-order valence-corrected chi connectivity index (χ3v) is 6.51. The second-order valence-electron chi connectivity index (χ2n) is 8.17. The highest BCUT2D eigenvalue weighted by Crippen LogP contribution is 2.42. The fourth-order valence-corrected chi connectivity index (χ4v) is 4.81. The van der Waals surface area contributed by atoms with E-state index in [1.807, 2.05) is 42.6 Å². The first-order valence-electron chi connectivity index (χ1n) is 11.2. The largest absolute Gasteiger partial charge is 0.478 e. The number of carboxylic acid groups (broad SMARTS) is 1. The van der Waals surface area contributed by atoms with E-state index in [9.17, 15) is 9.90 Å². The maximum atomic E-state index is 11.3. The van der Waals surface area contributed by atoms with Crippen LogP contribution in [0.5, 0.6) is 0 Å². The lowest BCUT2D eigenvalue weighted by Gasteiger charge is -2.29. The molecule has 2 aromatic carbocycles. The van der Waals surface area contributed by atoms with E-state index in [4.69, 9.17) is 12.2 Å². The van der Waals surface area contributed by atoms with Gasteiger partial charge in [-0.25, -0.2) is 4.79 Å². The minimum absolute atomic E-state index is 0.161. The molecule has 1 saturated heterocycles. The number of benzene rings is 2. The zero-order chi connectivity index (χ0) is 23.7. The lowest BCUT2D eigenvalue weighted by molar-refractivity contribution is 0.0697. The number of nitrogens with zero attached hydrogens (tertiary/aromatic N) is 3. The van der Waals surface area contributed by atoms with Gasteiger partial charge >= 0.3 is 5.97 Å². The third-order valence-electron chi connectivity index (χ3n) is 6.20. The predicted octanol–water partition coefficient (Wildman–Crippen LogP) is 5.31. The van der Waals surface area contributed by atoms with Gasteiger partial charge in [0.2, 0.25) is 0 Å². The lowest BCUT2D eigenvalue weighted by atomic mass is 10.0. The topological polar surface area (TPSA) is 70.4 Å². The molecule has 7 heteroatoms.